The molecule has 1 aliphatic heterocycles. The Bertz CT molecular complexity index is 790. The average molecular weight is 342 g/mol. The summed E-state index contributed by atoms with van der Waals surface area (Å²) < 4.78 is 17.9. The number of nitrogens with one attached hydrogen (secondary N) is 1. The van der Waals surface area contributed by atoms with Gasteiger partial charge in [-0.05, 0) is 54.8 Å². The van der Waals surface area contributed by atoms with Crippen LogP contribution in [0.3, 0.4) is 0 Å². The van der Waals surface area contributed by atoms with E-state index in [4.69, 9.17) is 4.74 Å². The lowest BCUT2D eigenvalue weighted by Crippen LogP contribution is -2.38. The minimum atomic E-state index is -0.388. The van der Waals surface area contributed by atoms with E-state index in [1.807, 2.05) is 12.1 Å². The molecule has 130 valence electrons. The Balaban J connectivity index is 1.86. The quantitative estimate of drug-likeness (QED) is 0.929. The minimum Gasteiger partial charge on any atom is -0.375 e. The van der Waals surface area contributed by atoms with Gasteiger partial charge in [0.2, 0.25) is 0 Å². The van der Waals surface area contributed by atoms with Crippen LogP contribution < -0.4 is 10.2 Å². The first-order chi connectivity index (χ1) is 12.1. The highest BCUT2D eigenvalue weighted by molar-refractivity contribution is 6.05. The van der Waals surface area contributed by atoms with E-state index in [0.29, 0.717) is 17.8 Å². The summed E-state index contributed by atoms with van der Waals surface area (Å²) in [5, 5.41) is 2.87. The fourth-order valence-electron chi connectivity index (χ4n) is 3.00. The molecular weight excluding hydrogens is 323 g/mol. The smallest absolute Gasteiger partial charge is 0.255 e. The fourth-order valence-corrected chi connectivity index (χ4v) is 3.00. The lowest BCUT2D eigenvalue weighted by atomic mass is 9.99. The summed E-state index contributed by atoms with van der Waals surface area (Å²) in [6.07, 6.45) is 1.58. The van der Waals surface area contributed by atoms with E-state index in [9.17, 15) is 14.0 Å². The van der Waals surface area contributed by atoms with E-state index in [0.717, 1.165) is 24.1 Å². The highest BCUT2D eigenvalue weighted by Gasteiger charge is 2.24. The van der Waals surface area contributed by atoms with Gasteiger partial charge in [0.15, 0.2) is 0 Å². The van der Waals surface area contributed by atoms with Crippen molar-refractivity contribution in [3.8, 4) is 0 Å². The number of benzene rings is 2. The van der Waals surface area contributed by atoms with Gasteiger partial charge in [-0.3, -0.25) is 9.59 Å². The van der Waals surface area contributed by atoms with Crippen molar-refractivity contribution in [2.75, 3.05) is 30.5 Å². The average Bonchev–Trinajstić information content (AvgIpc) is 2.62. The van der Waals surface area contributed by atoms with Crippen LogP contribution in [-0.4, -0.2) is 32.1 Å². The summed E-state index contributed by atoms with van der Waals surface area (Å²) in [6, 6.07) is 10.9. The van der Waals surface area contributed by atoms with Gasteiger partial charge < -0.3 is 15.0 Å². The summed E-state index contributed by atoms with van der Waals surface area (Å²) in [7, 11) is 1.49. The zero-order chi connectivity index (χ0) is 17.8. The Morgan fingerprint density at radius 3 is 2.68 bits per heavy atom. The highest BCUT2D eigenvalue weighted by Crippen LogP contribution is 2.33. The number of ether oxygens (including phenoxy) is 1. The van der Waals surface area contributed by atoms with Crippen molar-refractivity contribution >= 4 is 23.2 Å². The van der Waals surface area contributed by atoms with Crippen LogP contribution in [0.1, 0.15) is 22.3 Å². The summed E-state index contributed by atoms with van der Waals surface area (Å²) >= 11 is 0. The summed E-state index contributed by atoms with van der Waals surface area (Å²) in [6.45, 7) is 0.649. The van der Waals surface area contributed by atoms with Gasteiger partial charge in [0.05, 0.1) is 0 Å². The minimum absolute atomic E-state index is 0.0195. The molecule has 6 heteroatoms. The zero-order valence-electron chi connectivity index (χ0n) is 13.9. The largest absolute Gasteiger partial charge is 0.375 e. The van der Waals surface area contributed by atoms with Gasteiger partial charge >= 0.3 is 0 Å². The van der Waals surface area contributed by atoms with E-state index >= 15 is 0 Å². The van der Waals surface area contributed by atoms with Crippen LogP contribution in [0.5, 0.6) is 0 Å². The maximum Gasteiger partial charge on any atom is 0.255 e. The Morgan fingerprint density at radius 1 is 1.20 bits per heavy atom. The number of hydrogen-bond acceptors (Lipinski definition) is 3. The SMILES string of the molecule is COCC(=O)N1CCCc2c(NC(=O)c3ccc(F)cc3)cccc21. The molecule has 1 N–H and O–H groups in total. The number of carbonyl (C=O) groups is 2. The van der Waals surface area contributed by atoms with Gasteiger partial charge in [0.1, 0.15) is 12.4 Å². The topological polar surface area (TPSA) is 58.6 Å². The molecule has 0 saturated heterocycles. The number of hydrogen-bond donors (Lipinski definition) is 1. The molecule has 0 atom stereocenters. The standard InChI is InChI=1S/C19H19FN2O3/c1-25-12-18(23)22-11-3-4-15-16(5-2-6-17(15)22)21-19(24)13-7-9-14(20)10-8-13/h2,5-10H,3-4,11-12H2,1H3,(H,21,24). The Hall–Kier alpha value is -2.73. The van der Waals surface area contributed by atoms with Crippen LogP contribution in [0.2, 0.25) is 0 Å². The van der Waals surface area contributed by atoms with Crippen LogP contribution in [0.15, 0.2) is 42.5 Å². The Labute approximate surface area is 145 Å². The Kier molecular flexibility index (Phi) is 5.09. The molecule has 3 rings (SSSR count). The van der Waals surface area contributed by atoms with Crippen molar-refractivity contribution in [2.45, 2.75) is 12.8 Å². The van der Waals surface area contributed by atoms with Crippen molar-refractivity contribution in [3.05, 3.63) is 59.4 Å². The van der Waals surface area contributed by atoms with Crippen molar-refractivity contribution in [1.82, 2.24) is 0 Å². The molecular formula is C19H19FN2O3. The second-order valence-electron chi connectivity index (χ2n) is 5.85. The predicted molar refractivity (Wildman–Crippen MR) is 93.3 cm³/mol. The zero-order valence-corrected chi connectivity index (χ0v) is 13.9. The monoisotopic (exact) mass is 342 g/mol. The number of methoxy groups -OCH3 is 1. The number of halogens is 1. The first kappa shape index (κ1) is 17.1. The molecule has 2 aromatic carbocycles. The van der Waals surface area contributed by atoms with E-state index in [1.165, 1.54) is 31.4 Å². The van der Waals surface area contributed by atoms with E-state index < -0.39 is 0 Å². The molecule has 0 bridgehead atoms. The number of anilines is 2. The molecule has 0 fully saturated rings. The van der Waals surface area contributed by atoms with Gasteiger partial charge in [0, 0.05) is 30.6 Å². The molecule has 0 spiro atoms. The van der Waals surface area contributed by atoms with Crippen LogP contribution >= 0.6 is 0 Å². The third-order valence-corrected chi connectivity index (χ3v) is 4.17. The number of fused-ring (bicyclic) bond motifs is 1. The maximum atomic E-state index is 13.0. The third-order valence-electron chi connectivity index (χ3n) is 4.17. The van der Waals surface area contributed by atoms with E-state index in [-0.39, 0.29) is 24.2 Å². The number of rotatable bonds is 4. The predicted octanol–water partition coefficient (Wildman–Crippen LogP) is 3.00. The number of nitrogens with zero attached hydrogens (tertiary/aromatic N) is 1. The van der Waals surface area contributed by atoms with Crippen molar-refractivity contribution < 1.29 is 18.7 Å². The fraction of sp³-hybridized carbons (Fsp3) is 0.263. The van der Waals surface area contributed by atoms with Crippen LogP contribution in [-0.2, 0) is 16.0 Å². The summed E-state index contributed by atoms with van der Waals surface area (Å²) in [5.41, 5.74) is 2.77. The second-order valence-corrected chi connectivity index (χ2v) is 5.85. The van der Waals surface area contributed by atoms with Crippen molar-refractivity contribution in [1.29, 1.82) is 0 Å². The molecule has 25 heavy (non-hydrogen) atoms. The highest BCUT2D eigenvalue weighted by atomic mass is 19.1. The van der Waals surface area contributed by atoms with Crippen LogP contribution in [0, 0.1) is 5.82 Å². The third kappa shape index (κ3) is 3.69. The lowest BCUT2D eigenvalue weighted by Gasteiger charge is -2.30. The molecule has 0 saturated carbocycles. The molecule has 0 aromatic heterocycles. The number of amides is 2. The van der Waals surface area contributed by atoms with Gasteiger partial charge in [-0.15, -0.1) is 0 Å². The van der Waals surface area contributed by atoms with E-state index in [1.54, 1.807) is 11.0 Å². The van der Waals surface area contributed by atoms with Gasteiger partial charge in [-0.25, -0.2) is 4.39 Å². The van der Waals surface area contributed by atoms with Crippen LogP contribution in [0.25, 0.3) is 0 Å². The molecule has 0 unspecified atom stereocenters. The molecule has 1 aliphatic rings. The normalized spacial score (nSPS) is 13.3. The molecule has 2 aromatic rings. The number of carbonyl (C=O) groups excluding carboxylic acids is 2. The van der Waals surface area contributed by atoms with Crippen LogP contribution in [0.4, 0.5) is 15.8 Å². The second kappa shape index (κ2) is 7.44. The molecule has 5 nitrogen and oxygen atoms in total. The summed E-state index contributed by atoms with van der Waals surface area (Å²) in [5.74, 6) is -0.805. The molecule has 1 heterocycles. The lowest BCUT2D eigenvalue weighted by molar-refractivity contribution is -0.122. The first-order valence-electron chi connectivity index (χ1n) is 8.08. The van der Waals surface area contributed by atoms with E-state index in [2.05, 4.69) is 5.32 Å². The van der Waals surface area contributed by atoms with Gasteiger partial charge in [-0.2, -0.15) is 0 Å². The Morgan fingerprint density at radius 2 is 1.96 bits per heavy atom. The maximum absolute atomic E-state index is 13.0. The molecule has 0 aliphatic carbocycles. The summed E-state index contributed by atoms with van der Waals surface area (Å²) in [4.78, 5) is 26.3. The van der Waals surface area contributed by atoms with Gasteiger partial charge in [-0.1, -0.05) is 6.07 Å². The first-order valence-corrected chi connectivity index (χ1v) is 8.08. The molecule has 2 amide bonds. The van der Waals surface area contributed by atoms with Crippen molar-refractivity contribution in [3.63, 3.8) is 0 Å². The van der Waals surface area contributed by atoms with Crippen molar-refractivity contribution in [2.24, 2.45) is 0 Å². The molecule has 0 radical (unpaired) electrons. The van der Waals surface area contributed by atoms with Gasteiger partial charge in [0.25, 0.3) is 11.8 Å².